The quantitative estimate of drug-likeness (QED) is 0.942. The van der Waals surface area contributed by atoms with Gasteiger partial charge in [0, 0.05) is 23.5 Å². The molecule has 0 aliphatic carbocycles. The molecule has 2 rings (SSSR count). The van der Waals surface area contributed by atoms with Crippen molar-refractivity contribution in [2.75, 3.05) is 6.61 Å². The van der Waals surface area contributed by atoms with E-state index in [1.165, 1.54) is 0 Å². The van der Waals surface area contributed by atoms with Gasteiger partial charge < -0.3 is 9.84 Å². The van der Waals surface area contributed by atoms with Gasteiger partial charge >= 0.3 is 6.18 Å². The molecule has 21 heavy (non-hydrogen) atoms. The molecule has 1 N–H and O–H groups in total. The van der Waals surface area contributed by atoms with E-state index in [0.717, 1.165) is 12.4 Å². The zero-order chi connectivity index (χ0) is 15.5. The van der Waals surface area contributed by atoms with Crippen molar-refractivity contribution in [2.45, 2.75) is 19.2 Å². The van der Waals surface area contributed by atoms with Crippen molar-refractivity contribution in [3.05, 3.63) is 42.2 Å². The third-order valence-electron chi connectivity index (χ3n) is 2.72. The minimum absolute atomic E-state index is 0.274. The lowest BCUT2D eigenvalue weighted by Crippen LogP contribution is -2.20. The molecule has 1 aromatic carbocycles. The summed E-state index contributed by atoms with van der Waals surface area (Å²) in [6, 6.07) is 6.86. The van der Waals surface area contributed by atoms with Crippen LogP contribution in [0.4, 0.5) is 13.2 Å². The van der Waals surface area contributed by atoms with E-state index < -0.39 is 17.8 Å². The van der Waals surface area contributed by atoms with Gasteiger partial charge in [0.05, 0.1) is 6.61 Å². The van der Waals surface area contributed by atoms with Crippen molar-refractivity contribution < 1.29 is 23.0 Å². The Morgan fingerprint density at radius 3 is 2.19 bits per heavy atom. The second kappa shape index (κ2) is 6.09. The van der Waals surface area contributed by atoms with Crippen LogP contribution in [-0.2, 0) is 0 Å². The van der Waals surface area contributed by atoms with E-state index in [2.05, 4.69) is 9.97 Å². The van der Waals surface area contributed by atoms with Crippen molar-refractivity contribution >= 4 is 0 Å². The lowest BCUT2D eigenvalue weighted by molar-refractivity contribution is -0.206. The van der Waals surface area contributed by atoms with E-state index in [0.29, 0.717) is 17.9 Å². The van der Waals surface area contributed by atoms with E-state index >= 15 is 0 Å². The molecule has 0 fully saturated rings. The van der Waals surface area contributed by atoms with Gasteiger partial charge in [-0.3, -0.25) is 0 Å². The molecule has 0 radical (unpaired) electrons. The lowest BCUT2D eigenvalue weighted by atomic mass is 10.1. The van der Waals surface area contributed by atoms with E-state index in [1.807, 2.05) is 6.92 Å². The first-order chi connectivity index (χ1) is 9.91. The molecule has 0 saturated heterocycles. The van der Waals surface area contributed by atoms with E-state index in [-0.39, 0.29) is 5.82 Å². The maximum Gasteiger partial charge on any atom is 0.418 e. The Bertz CT molecular complexity index is 583. The monoisotopic (exact) mass is 298 g/mol. The highest BCUT2D eigenvalue weighted by Gasteiger charge is 2.39. The molecule has 0 bridgehead atoms. The molecule has 0 spiro atoms. The third kappa shape index (κ3) is 3.69. The van der Waals surface area contributed by atoms with Gasteiger partial charge in [0.2, 0.25) is 0 Å². The van der Waals surface area contributed by atoms with Crippen molar-refractivity contribution in [2.24, 2.45) is 0 Å². The molecule has 0 saturated carbocycles. The van der Waals surface area contributed by atoms with E-state index in [9.17, 15) is 13.2 Å². The summed E-state index contributed by atoms with van der Waals surface area (Å²) in [6.45, 7) is 2.40. The first-order valence-corrected chi connectivity index (χ1v) is 6.21. The van der Waals surface area contributed by atoms with Gasteiger partial charge in [0.25, 0.3) is 0 Å². The number of rotatable bonds is 4. The molecule has 1 unspecified atom stereocenters. The molecule has 0 aliphatic heterocycles. The molecular formula is C14H13F3N2O2. The molecule has 112 valence electrons. The van der Waals surface area contributed by atoms with Crippen LogP contribution >= 0.6 is 0 Å². The fourth-order valence-corrected chi connectivity index (χ4v) is 1.68. The minimum atomic E-state index is -4.73. The predicted molar refractivity (Wildman–Crippen MR) is 69.7 cm³/mol. The van der Waals surface area contributed by atoms with Crippen LogP contribution in [-0.4, -0.2) is 27.9 Å². The van der Waals surface area contributed by atoms with Crippen LogP contribution < -0.4 is 4.74 Å². The maximum absolute atomic E-state index is 12.4. The summed E-state index contributed by atoms with van der Waals surface area (Å²) in [5, 5.41) is 9.09. The number of halogens is 3. The zero-order valence-electron chi connectivity index (χ0n) is 11.1. The predicted octanol–water partition coefficient (Wildman–Crippen LogP) is 3.14. The second-order valence-electron chi connectivity index (χ2n) is 4.24. The minimum Gasteiger partial charge on any atom is -0.494 e. The van der Waals surface area contributed by atoms with Crippen molar-refractivity contribution in [3.8, 4) is 17.1 Å². The van der Waals surface area contributed by atoms with Gasteiger partial charge in [-0.1, -0.05) is 0 Å². The van der Waals surface area contributed by atoms with E-state index in [4.69, 9.17) is 9.84 Å². The van der Waals surface area contributed by atoms with Crippen molar-refractivity contribution in [3.63, 3.8) is 0 Å². The Morgan fingerprint density at radius 1 is 1.14 bits per heavy atom. The van der Waals surface area contributed by atoms with Crippen LogP contribution in [0.5, 0.6) is 5.75 Å². The number of aliphatic hydroxyl groups is 1. The topological polar surface area (TPSA) is 55.2 Å². The fraction of sp³-hybridized carbons (Fsp3) is 0.286. The van der Waals surface area contributed by atoms with Gasteiger partial charge in [-0.15, -0.1) is 0 Å². The lowest BCUT2D eigenvalue weighted by Gasteiger charge is -2.14. The Balaban J connectivity index is 2.19. The van der Waals surface area contributed by atoms with Gasteiger partial charge in [0.15, 0.2) is 11.9 Å². The molecule has 1 atom stereocenters. The average molecular weight is 298 g/mol. The number of aliphatic hydroxyl groups excluding tert-OH is 1. The van der Waals surface area contributed by atoms with Crippen LogP contribution in [0.25, 0.3) is 11.4 Å². The molecule has 7 heteroatoms. The number of benzene rings is 1. The average Bonchev–Trinajstić information content (AvgIpc) is 2.47. The Morgan fingerprint density at radius 2 is 1.71 bits per heavy atom. The summed E-state index contributed by atoms with van der Waals surface area (Å²) in [5.74, 6) is 0.960. The smallest absolute Gasteiger partial charge is 0.418 e. The normalized spacial score (nSPS) is 13.0. The van der Waals surface area contributed by atoms with Gasteiger partial charge in [-0.05, 0) is 31.2 Å². The zero-order valence-corrected chi connectivity index (χ0v) is 11.1. The fourth-order valence-electron chi connectivity index (χ4n) is 1.68. The second-order valence-corrected chi connectivity index (χ2v) is 4.24. The first-order valence-electron chi connectivity index (χ1n) is 6.21. The highest BCUT2D eigenvalue weighted by Crippen LogP contribution is 2.32. The largest absolute Gasteiger partial charge is 0.494 e. The summed E-state index contributed by atoms with van der Waals surface area (Å²) in [7, 11) is 0. The molecule has 0 amide bonds. The highest BCUT2D eigenvalue weighted by atomic mass is 19.4. The van der Waals surface area contributed by atoms with Crippen molar-refractivity contribution in [1.29, 1.82) is 0 Å². The Labute approximate surface area is 119 Å². The van der Waals surface area contributed by atoms with Gasteiger partial charge in [-0.2, -0.15) is 13.2 Å². The molecule has 1 aromatic heterocycles. The highest BCUT2D eigenvalue weighted by molar-refractivity contribution is 5.55. The van der Waals surface area contributed by atoms with Gasteiger partial charge in [-0.25, -0.2) is 9.97 Å². The Hall–Kier alpha value is -2.15. The number of hydrogen-bond acceptors (Lipinski definition) is 4. The van der Waals surface area contributed by atoms with E-state index in [1.54, 1.807) is 24.3 Å². The van der Waals surface area contributed by atoms with Gasteiger partial charge in [0.1, 0.15) is 5.75 Å². The summed E-state index contributed by atoms with van der Waals surface area (Å²) in [4.78, 5) is 7.69. The summed E-state index contributed by atoms with van der Waals surface area (Å²) < 4.78 is 42.4. The number of ether oxygens (including phenoxy) is 1. The molecule has 0 aliphatic rings. The summed E-state index contributed by atoms with van der Waals surface area (Å²) in [6.07, 6.45) is -5.37. The number of nitrogens with zero attached hydrogens (tertiary/aromatic N) is 2. The number of alkyl halides is 3. The molecule has 4 nitrogen and oxygen atoms in total. The first kappa shape index (κ1) is 15.2. The Kier molecular flexibility index (Phi) is 4.42. The van der Waals surface area contributed by atoms with Crippen LogP contribution in [0.2, 0.25) is 0 Å². The molecule has 2 aromatic rings. The maximum atomic E-state index is 12.4. The van der Waals surface area contributed by atoms with Crippen LogP contribution in [0.3, 0.4) is 0 Å². The number of hydrogen-bond donors (Lipinski definition) is 1. The summed E-state index contributed by atoms with van der Waals surface area (Å²) >= 11 is 0. The van der Waals surface area contributed by atoms with Crippen LogP contribution in [0.1, 0.15) is 18.6 Å². The number of aromatic nitrogens is 2. The third-order valence-corrected chi connectivity index (χ3v) is 2.72. The van der Waals surface area contributed by atoms with Crippen LogP contribution in [0, 0.1) is 0 Å². The molecular weight excluding hydrogens is 285 g/mol. The molecule has 1 heterocycles. The summed E-state index contributed by atoms with van der Waals surface area (Å²) in [5.41, 5.74) is 0.253. The SMILES string of the molecule is CCOc1ccc(-c2ncc(C(O)C(F)(F)F)cn2)cc1. The van der Waals surface area contributed by atoms with Crippen LogP contribution in [0.15, 0.2) is 36.7 Å². The standard InChI is InChI=1S/C14H13F3N2O2/c1-2-21-11-5-3-9(4-6-11)13-18-7-10(8-19-13)12(20)14(15,16)17/h3-8,12,20H,2H2,1H3. The van der Waals surface area contributed by atoms with Crippen molar-refractivity contribution in [1.82, 2.24) is 9.97 Å².